The number of fused-ring (bicyclic) bond motifs is 1. The Hall–Kier alpha value is -2.94. The molecule has 2 nitrogen and oxygen atoms in total. The summed E-state index contributed by atoms with van der Waals surface area (Å²) in [6.07, 6.45) is 0. The van der Waals surface area contributed by atoms with Gasteiger partial charge in [-0.3, -0.25) is 0 Å². The molecule has 0 atom stereocenters. The molecule has 0 bridgehead atoms. The van der Waals surface area contributed by atoms with E-state index in [1.165, 1.54) is 11.6 Å². The molecule has 0 amide bonds. The van der Waals surface area contributed by atoms with Crippen LogP contribution in [0, 0.1) is 12.7 Å². The zero-order chi connectivity index (χ0) is 16.5. The SMILES string of the molecule is Cc1ccc(-c2nc3ccccc3n2Cc2ccccc2F)cc1. The minimum Gasteiger partial charge on any atom is -0.319 e. The van der Waals surface area contributed by atoms with Crippen molar-refractivity contribution in [3.63, 3.8) is 0 Å². The molecule has 0 saturated heterocycles. The van der Waals surface area contributed by atoms with E-state index in [9.17, 15) is 4.39 Å². The van der Waals surface area contributed by atoms with Crippen LogP contribution in [-0.2, 0) is 6.54 Å². The predicted molar refractivity (Wildman–Crippen MR) is 95.4 cm³/mol. The van der Waals surface area contributed by atoms with Gasteiger partial charge in [-0.15, -0.1) is 0 Å². The van der Waals surface area contributed by atoms with Crippen LogP contribution in [0.3, 0.4) is 0 Å². The summed E-state index contributed by atoms with van der Waals surface area (Å²) < 4.78 is 16.2. The fourth-order valence-corrected chi connectivity index (χ4v) is 2.96. The van der Waals surface area contributed by atoms with E-state index in [-0.39, 0.29) is 5.82 Å². The van der Waals surface area contributed by atoms with E-state index in [4.69, 9.17) is 4.98 Å². The Morgan fingerprint density at radius 1 is 0.875 bits per heavy atom. The Labute approximate surface area is 140 Å². The van der Waals surface area contributed by atoms with Gasteiger partial charge in [-0.2, -0.15) is 0 Å². The molecule has 0 spiro atoms. The zero-order valence-corrected chi connectivity index (χ0v) is 13.4. The topological polar surface area (TPSA) is 17.8 Å². The lowest BCUT2D eigenvalue weighted by Gasteiger charge is -2.10. The number of benzene rings is 3. The van der Waals surface area contributed by atoms with E-state index in [1.54, 1.807) is 6.07 Å². The quantitative estimate of drug-likeness (QED) is 0.508. The van der Waals surface area contributed by atoms with Crippen molar-refractivity contribution in [1.29, 1.82) is 0 Å². The van der Waals surface area contributed by atoms with Crippen molar-refractivity contribution in [2.75, 3.05) is 0 Å². The summed E-state index contributed by atoms with van der Waals surface area (Å²) >= 11 is 0. The van der Waals surface area contributed by atoms with Crippen LogP contribution in [0.4, 0.5) is 4.39 Å². The second-order valence-corrected chi connectivity index (χ2v) is 5.97. The van der Waals surface area contributed by atoms with Crippen LogP contribution in [0.25, 0.3) is 22.4 Å². The number of aryl methyl sites for hydroxylation is 1. The van der Waals surface area contributed by atoms with Gasteiger partial charge < -0.3 is 4.57 Å². The Morgan fingerprint density at radius 2 is 1.58 bits per heavy atom. The lowest BCUT2D eigenvalue weighted by molar-refractivity contribution is 0.602. The molecule has 4 aromatic rings. The first kappa shape index (κ1) is 14.6. The van der Waals surface area contributed by atoms with Crippen LogP contribution >= 0.6 is 0 Å². The van der Waals surface area contributed by atoms with Gasteiger partial charge in [0.25, 0.3) is 0 Å². The normalized spacial score (nSPS) is 11.1. The Bertz CT molecular complexity index is 1000. The molecule has 0 radical (unpaired) electrons. The molecule has 0 fully saturated rings. The predicted octanol–water partition coefficient (Wildman–Crippen LogP) is 5.20. The summed E-state index contributed by atoms with van der Waals surface area (Å²) in [5.74, 6) is 0.671. The van der Waals surface area contributed by atoms with E-state index in [2.05, 4.69) is 35.8 Å². The largest absolute Gasteiger partial charge is 0.319 e. The maximum Gasteiger partial charge on any atom is 0.141 e. The summed E-state index contributed by atoms with van der Waals surface area (Å²) in [6.45, 7) is 2.52. The number of hydrogen-bond acceptors (Lipinski definition) is 1. The zero-order valence-electron chi connectivity index (χ0n) is 13.4. The number of hydrogen-bond donors (Lipinski definition) is 0. The Balaban J connectivity index is 1.90. The third kappa shape index (κ3) is 2.58. The van der Waals surface area contributed by atoms with Crippen LogP contribution in [-0.4, -0.2) is 9.55 Å². The number of nitrogens with zero attached hydrogens (tertiary/aromatic N) is 2. The van der Waals surface area contributed by atoms with Crippen LogP contribution < -0.4 is 0 Å². The van der Waals surface area contributed by atoms with Crippen molar-refractivity contribution in [2.24, 2.45) is 0 Å². The summed E-state index contributed by atoms with van der Waals surface area (Å²) in [6, 6.07) is 23.2. The van der Waals surface area contributed by atoms with Crippen molar-refractivity contribution in [3.8, 4) is 11.4 Å². The fraction of sp³-hybridized carbons (Fsp3) is 0.0952. The number of rotatable bonds is 3. The van der Waals surface area contributed by atoms with Crippen molar-refractivity contribution < 1.29 is 4.39 Å². The smallest absolute Gasteiger partial charge is 0.141 e. The maximum absolute atomic E-state index is 14.1. The first-order chi connectivity index (χ1) is 11.7. The number of imidazole rings is 1. The summed E-state index contributed by atoms with van der Waals surface area (Å²) in [7, 11) is 0. The van der Waals surface area contributed by atoms with E-state index in [0.717, 1.165) is 22.4 Å². The minimum absolute atomic E-state index is 0.190. The second kappa shape index (κ2) is 5.93. The molecule has 0 aliphatic carbocycles. The summed E-state index contributed by atoms with van der Waals surface area (Å²) in [5.41, 5.74) is 4.83. The molecule has 24 heavy (non-hydrogen) atoms. The van der Waals surface area contributed by atoms with Crippen LogP contribution in [0.1, 0.15) is 11.1 Å². The highest BCUT2D eigenvalue weighted by Gasteiger charge is 2.14. The highest BCUT2D eigenvalue weighted by molar-refractivity contribution is 5.80. The lowest BCUT2D eigenvalue weighted by Crippen LogP contribution is -2.04. The molecule has 0 aliphatic heterocycles. The molecule has 3 aromatic carbocycles. The molecule has 3 heteroatoms. The molecule has 118 valence electrons. The maximum atomic E-state index is 14.1. The van der Waals surface area contributed by atoms with Gasteiger partial charge in [0.05, 0.1) is 17.6 Å². The number of halogens is 1. The van der Waals surface area contributed by atoms with Gasteiger partial charge in [0.15, 0.2) is 0 Å². The standard InChI is InChI=1S/C21H17FN2/c1-15-10-12-16(13-11-15)21-23-19-8-4-5-9-20(19)24(21)14-17-6-2-3-7-18(17)22/h2-13H,14H2,1H3. The van der Waals surface area contributed by atoms with Crippen LogP contribution in [0.15, 0.2) is 72.8 Å². The molecule has 0 N–H and O–H groups in total. The number of para-hydroxylation sites is 2. The van der Waals surface area contributed by atoms with Crippen LogP contribution in [0.5, 0.6) is 0 Å². The number of aromatic nitrogens is 2. The third-order valence-corrected chi connectivity index (χ3v) is 4.25. The molecule has 0 aliphatic rings. The highest BCUT2D eigenvalue weighted by Crippen LogP contribution is 2.26. The first-order valence-electron chi connectivity index (χ1n) is 7.98. The van der Waals surface area contributed by atoms with E-state index in [0.29, 0.717) is 12.1 Å². The van der Waals surface area contributed by atoms with Gasteiger partial charge in [-0.1, -0.05) is 60.2 Å². The Kier molecular flexibility index (Phi) is 3.62. The molecular weight excluding hydrogens is 299 g/mol. The summed E-state index contributed by atoms with van der Waals surface area (Å²) in [5, 5.41) is 0. The van der Waals surface area contributed by atoms with Gasteiger partial charge in [-0.05, 0) is 25.1 Å². The van der Waals surface area contributed by atoms with Gasteiger partial charge in [-0.25, -0.2) is 9.37 Å². The Morgan fingerprint density at radius 3 is 2.38 bits per heavy atom. The van der Waals surface area contributed by atoms with E-state index < -0.39 is 0 Å². The molecule has 0 saturated carbocycles. The first-order valence-corrected chi connectivity index (χ1v) is 7.98. The minimum atomic E-state index is -0.190. The summed E-state index contributed by atoms with van der Waals surface area (Å²) in [4.78, 5) is 4.78. The van der Waals surface area contributed by atoms with Gasteiger partial charge in [0.2, 0.25) is 0 Å². The average Bonchev–Trinajstić information content (AvgIpc) is 2.96. The fourth-order valence-electron chi connectivity index (χ4n) is 2.96. The van der Waals surface area contributed by atoms with Gasteiger partial charge in [0.1, 0.15) is 11.6 Å². The second-order valence-electron chi connectivity index (χ2n) is 5.97. The molecule has 4 rings (SSSR count). The molecule has 1 heterocycles. The monoisotopic (exact) mass is 316 g/mol. The van der Waals surface area contributed by atoms with Crippen molar-refractivity contribution in [3.05, 3.63) is 89.7 Å². The lowest BCUT2D eigenvalue weighted by atomic mass is 10.1. The third-order valence-electron chi connectivity index (χ3n) is 4.25. The van der Waals surface area contributed by atoms with Gasteiger partial charge >= 0.3 is 0 Å². The van der Waals surface area contributed by atoms with Crippen molar-refractivity contribution >= 4 is 11.0 Å². The van der Waals surface area contributed by atoms with Crippen molar-refractivity contribution in [2.45, 2.75) is 13.5 Å². The molecule has 0 unspecified atom stereocenters. The van der Waals surface area contributed by atoms with Crippen LogP contribution in [0.2, 0.25) is 0 Å². The van der Waals surface area contributed by atoms with E-state index in [1.807, 2.05) is 36.4 Å². The van der Waals surface area contributed by atoms with Crippen molar-refractivity contribution in [1.82, 2.24) is 9.55 Å². The van der Waals surface area contributed by atoms with Gasteiger partial charge in [0, 0.05) is 11.1 Å². The highest BCUT2D eigenvalue weighted by atomic mass is 19.1. The molecular formula is C21H17FN2. The van der Waals surface area contributed by atoms with E-state index >= 15 is 0 Å². The molecule has 1 aromatic heterocycles. The average molecular weight is 316 g/mol.